The van der Waals surface area contributed by atoms with Gasteiger partial charge in [0, 0.05) is 12.6 Å². The van der Waals surface area contributed by atoms with Crippen LogP contribution in [0.25, 0.3) is 0 Å². The van der Waals surface area contributed by atoms with E-state index in [1.165, 1.54) is 19.1 Å². The van der Waals surface area contributed by atoms with Gasteiger partial charge in [-0.3, -0.25) is 14.9 Å². The minimum Gasteiger partial charge on any atom is -0.481 e. The Morgan fingerprint density at radius 2 is 2.35 bits per heavy atom. The normalized spacial score (nSPS) is 11.8. The largest absolute Gasteiger partial charge is 0.481 e. The molecular formula is C9H12N4O4. The van der Waals surface area contributed by atoms with Gasteiger partial charge in [0.1, 0.15) is 5.82 Å². The molecule has 92 valence electrons. The number of nitrogen functional groups attached to an aromatic ring is 1. The Morgan fingerprint density at radius 1 is 1.71 bits per heavy atom. The van der Waals surface area contributed by atoms with E-state index in [9.17, 15) is 14.9 Å². The second-order valence-electron chi connectivity index (χ2n) is 3.48. The first-order chi connectivity index (χ1) is 7.91. The number of anilines is 2. The average molecular weight is 240 g/mol. The lowest BCUT2D eigenvalue weighted by Gasteiger charge is -2.09. The van der Waals surface area contributed by atoms with Gasteiger partial charge in [0.25, 0.3) is 0 Å². The Morgan fingerprint density at radius 3 is 2.82 bits per heavy atom. The van der Waals surface area contributed by atoms with Crippen LogP contribution in [0.4, 0.5) is 17.3 Å². The predicted molar refractivity (Wildman–Crippen MR) is 60.6 cm³/mol. The first-order valence-electron chi connectivity index (χ1n) is 4.79. The number of aromatic nitrogens is 1. The van der Waals surface area contributed by atoms with Crippen LogP contribution in [-0.2, 0) is 4.79 Å². The third kappa shape index (κ3) is 3.30. The summed E-state index contributed by atoms with van der Waals surface area (Å²) in [6.07, 6.45) is 0. The topological polar surface area (TPSA) is 131 Å². The van der Waals surface area contributed by atoms with Crippen LogP contribution in [0.3, 0.4) is 0 Å². The fourth-order valence-corrected chi connectivity index (χ4v) is 1.07. The number of nitrogens with zero attached hydrogens (tertiary/aromatic N) is 2. The van der Waals surface area contributed by atoms with Gasteiger partial charge in [-0.15, -0.1) is 0 Å². The third-order valence-corrected chi connectivity index (χ3v) is 2.11. The smallest absolute Gasteiger partial charge is 0.311 e. The van der Waals surface area contributed by atoms with E-state index in [0.717, 1.165) is 0 Å². The fourth-order valence-electron chi connectivity index (χ4n) is 1.07. The number of hydrogen-bond acceptors (Lipinski definition) is 6. The molecule has 0 aliphatic heterocycles. The number of nitrogens with one attached hydrogen (secondary N) is 1. The van der Waals surface area contributed by atoms with Crippen molar-refractivity contribution in [2.75, 3.05) is 17.6 Å². The Hall–Kier alpha value is -2.38. The summed E-state index contributed by atoms with van der Waals surface area (Å²) in [7, 11) is 0. The van der Waals surface area contributed by atoms with E-state index in [0.29, 0.717) is 5.82 Å². The van der Waals surface area contributed by atoms with Gasteiger partial charge in [0.2, 0.25) is 5.82 Å². The Bertz CT molecular complexity index is 449. The first kappa shape index (κ1) is 12.7. The minimum absolute atomic E-state index is 0.166. The number of carboxylic acids is 1. The highest BCUT2D eigenvalue weighted by Gasteiger charge is 2.14. The predicted octanol–water partition coefficient (Wildman–Crippen LogP) is 0.705. The van der Waals surface area contributed by atoms with Crippen LogP contribution in [0.15, 0.2) is 12.1 Å². The number of carbonyl (C=O) groups is 1. The second kappa shape index (κ2) is 5.10. The summed E-state index contributed by atoms with van der Waals surface area (Å²) in [5.74, 6) is -1.43. The number of nitro groups is 1. The zero-order valence-electron chi connectivity index (χ0n) is 9.08. The average Bonchev–Trinajstić information content (AvgIpc) is 2.25. The molecule has 0 fully saturated rings. The van der Waals surface area contributed by atoms with Crippen molar-refractivity contribution < 1.29 is 14.8 Å². The van der Waals surface area contributed by atoms with Crippen molar-refractivity contribution in [3.63, 3.8) is 0 Å². The van der Waals surface area contributed by atoms with E-state index in [4.69, 9.17) is 10.8 Å². The van der Waals surface area contributed by atoms with Crippen LogP contribution in [0.2, 0.25) is 0 Å². The fraction of sp³-hybridized carbons (Fsp3) is 0.333. The Kier molecular flexibility index (Phi) is 3.81. The molecular weight excluding hydrogens is 228 g/mol. The summed E-state index contributed by atoms with van der Waals surface area (Å²) in [6.45, 7) is 1.70. The minimum atomic E-state index is -0.938. The first-order valence-corrected chi connectivity index (χ1v) is 4.79. The summed E-state index contributed by atoms with van der Waals surface area (Å²) in [4.78, 5) is 24.2. The maximum atomic E-state index is 10.6. The van der Waals surface area contributed by atoms with Gasteiger partial charge in [-0.1, -0.05) is 6.92 Å². The zero-order valence-corrected chi connectivity index (χ0v) is 9.08. The van der Waals surface area contributed by atoms with E-state index in [2.05, 4.69) is 10.3 Å². The SMILES string of the molecule is CC(CNc1ccc([N+](=O)[O-])c(N)n1)C(=O)O. The molecule has 1 aromatic heterocycles. The molecule has 0 aromatic carbocycles. The molecule has 0 aliphatic rings. The Balaban J connectivity index is 2.71. The molecule has 0 amide bonds. The molecule has 4 N–H and O–H groups in total. The third-order valence-electron chi connectivity index (χ3n) is 2.11. The van der Waals surface area contributed by atoms with E-state index in [-0.39, 0.29) is 18.1 Å². The maximum Gasteiger partial charge on any atom is 0.311 e. The molecule has 0 bridgehead atoms. The molecule has 1 heterocycles. The second-order valence-corrected chi connectivity index (χ2v) is 3.48. The van der Waals surface area contributed by atoms with Gasteiger partial charge in [0.15, 0.2) is 0 Å². The van der Waals surface area contributed by atoms with Crippen molar-refractivity contribution in [1.82, 2.24) is 4.98 Å². The van der Waals surface area contributed by atoms with Gasteiger partial charge in [-0.2, -0.15) is 0 Å². The number of aliphatic carboxylic acids is 1. The molecule has 0 saturated heterocycles. The maximum absolute atomic E-state index is 10.6. The molecule has 1 rings (SSSR count). The van der Waals surface area contributed by atoms with E-state index < -0.39 is 16.8 Å². The van der Waals surface area contributed by atoms with Crippen molar-refractivity contribution in [3.8, 4) is 0 Å². The summed E-state index contributed by atoms with van der Waals surface area (Å²) >= 11 is 0. The number of carboxylic acid groups (broad SMARTS) is 1. The lowest BCUT2D eigenvalue weighted by Crippen LogP contribution is -2.20. The van der Waals surface area contributed by atoms with Crippen LogP contribution in [0.1, 0.15) is 6.92 Å². The highest BCUT2D eigenvalue weighted by Crippen LogP contribution is 2.20. The number of nitrogens with two attached hydrogens (primary N) is 1. The molecule has 8 nitrogen and oxygen atoms in total. The molecule has 0 saturated carbocycles. The summed E-state index contributed by atoms with van der Waals surface area (Å²) in [5.41, 5.74) is 5.10. The number of pyridine rings is 1. The van der Waals surface area contributed by atoms with Crippen molar-refractivity contribution in [2.45, 2.75) is 6.92 Å². The van der Waals surface area contributed by atoms with Crippen molar-refractivity contribution in [2.24, 2.45) is 5.92 Å². The molecule has 8 heteroatoms. The highest BCUT2D eigenvalue weighted by atomic mass is 16.6. The molecule has 0 radical (unpaired) electrons. The van der Waals surface area contributed by atoms with Crippen molar-refractivity contribution >= 4 is 23.3 Å². The van der Waals surface area contributed by atoms with Crippen LogP contribution in [0, 0.1) is 16.0 Å². The number of hydrogen-bond donors (Lipinski definition) is 3. The van der Waals surface area contributed by atoms with Crippen LogP contribution in [-0.4, -0.2) is 27.5 Å². The van der Waals surface area contributed by atoms with Gasteiger partial charge in [-0.05, 0) is 6.07 Å². The lowest BCUT2D eigenvalue weighted by molar-refractivity contribution is -0.384. The summed E-state index contributed by atoms with van der Waals surface area (Å²) in [5, 5.41) is 21.9. The molecule has 1 unspecified atom stereocenters. The highest BCUT2D eigenvalue weighted by molar-refractivity contribution is 5.70. The van der Waals surface area contributed by atoms with E-state index in [1.54, 1.807) is 0 Å². The summed E-state index contributed by atoms with van der Waals surface area (Å²) < 4.78 is 0. The van der Waals surface area contributed by atoms with Crippen LogP contribution >= 0.6 is 0 Å². The number of rotatable bonds is 5. The quantitative estimate of drug-likeness (QED) is 0.509. The molecule has 0 spiro atoms. The zero-order chi connectivity index (χ0) is 13.0. The standard InChI is InChI=1S/C9H12N4O4/c1-5(9(14)15)4-11-7-3-2-6(13(16)17)8(10)12-7/h2-3,5H,4H2,1H3,(H,14,15)(H3,10,11,12). The van der Waals surface area contributed by atoms with Crippen molar-refractivity contribution in [1.29, 1.82) is 0 Å². The van der Waals surface area contributed by atoms with Crippen molar-refractivity contribution in [3.05, 3.63) is 22.2 Å². The van der Waals surface area contributed by atoms with Gasteiger partial charge < -0.3 is 16.2 Å². The van der Waals surface area contributed by atoms with Gasteiger partial charge in [-0.25, -0.2) is 4.98 Å². The van der Waals surface area contributed by atoms with Gasteiger partial charge >= 0.3 is 11.7 Å². The monoisotopic (exact) mass is 240 g/mol. The van der Waals surface area contributed by atoms with Gasteiger partial charge in [0.05, 0.1) is 10.8 Å². The molecule has 0 aliphatic carbocycles. The van der Waals surface area contributed by atoms with E-state index >= 15 is 0 Å². The van der Waals surface area contributed by atoms with E-state index in [1.807, 2.05) is 0 Å². The van der Waals surface area contributed by atoms with Crippen LogP contribution < -0.4 is 11.1 Å². The van der Waals surface area contributed by atoms with Crippen LogP contribution in [0.5, 0.6) is 0 Å². The molecule has 17 heavy (non-hydrogen) atoms. The molecule has 1 atom stereocenters. The lowest BCUT2D eigenvalue weighted by atomic mass is 10.2. The Labute approximate surface area is 96.6 Å². The summed E-state index contributed by atoms with van der Waals surface area (Å²) in [6, 6.07) is 2.60. The molecule has 1 aromatic rings.